The fourth-order valence-electron chi connectivity index (χ4n) is 2.26. The highest BCUT2D eigenvalue weighted by Gasteiger charge is 2.14. The molecular weight excluding hydrogens is 354 g/mol. The van der Waals surface area contributed by atoms with E-state index in [1.54, 1.807) is 4.90 Å². The number of aromatic amines is 1. The summed E-state index contributed by atoms with van der Waals surface area (Å²) in [5.74, 6) is -0.386. The van der Waals surface area contributed by atoms with Gasteiger partial charge < -0.3 is 14.6 Å². The third kappa shape index (κ3) is 6.03. The summed E-state index contributed by atoms with van der Waals surface area (Å²) in [6, 6.07) is 11.0. The number of aromatic nitrogens is 2. The van der Waals surface area contributed by atoms with Crippen molar-refractivity contribution in [3.63, 3.8) is 0 Å². The van der Waals surface area contributed by atoms with Crippen LogP contribution >= 0.6 is 11.8 Å². The van der Waals surface area contributed by atoms with Crippen LogP contribution in [0.3, 0.4) is 0 Å². The number of methoxy groups -OCH3 is 1. The maximum absolute atomic E-state index is 12.5. The molecule has 0 unspecified atom stereocenters. The normalized spacial score (nSPS) is 10.4. The first kappa shape index (κ1) is 19.7. The number of carbonyl (C=O) groups excluding carboxylic acids is 2. The van der Waals surface area contributed by atoms with Crippen molar-refractivity contribution in [3.05, 3.63) is 58.0 Å². The fraction of sp³-hybridized carbons (Fsp3) is 0.333. The van der Waals surface area contributed by atoms with Crippen molar-refractivity contribution in [3.8, 4) is 0 Å². The lowest BCUT2D eigenvalue weighted by Crippen LogP contribution is -2.31. The largest absolute Gasteiger partial charge is 0.469 e. The van der Waals surface area contributed by atoms with E-state index in [9.17, 15) is 14.4 Å². The summed E-state index contributed by atoms with van der Waals surface area (Å²) in [6.45, 7) is 3.03. The number of benzene rings is 1. The van der Waals surface area contributed by atoms with Gasteiger partial charge >= 0.3 is 5.97 Å². The molecule has 2 aromatic rings. The van der Waals surface area contributed by atoms with Crippen molar-refractivity contribution in [2.24, 2.45) is 0 Å². The van der Waals surface area contributed by atoms with Gasteiger partial charge in [-0.2, -0.15) is 0 Å². The molecule has 0 spiro atoms. The summed E-state index contributed by atoms with van der Waals surface area (Å²) < 4.78 is 4.58. The molecule has 26 heavy (non-hydrogen) atoms. The van der Waals surface area contributed by atoms with E-state index in [1.807, 2.05) is 37.3 Å². The number of carbonyl (C=O) groups is 2. The predicted octanol–water partition coefficient (Wildman–Crippen LogP) is 1.63. The van der Waals surface area contributed by atoms with Crippen LogP contribution < -0.4 is 5.56 Å². The smallest absolute Gasteiger partial charge is 0.311 e. The highest BCUT2D eigenvalue weighted by molar-refractivity contribution is 7.99. The van der Waals surface area contributed by atoms with Crippen molar-refractivity contribution in [1.29, 1.82) is 0 Å². The number of nitrogens with zero attached hydrogens (tertiary/aromatic N) is 2. The molecule has 0 saturated heterocycles. The molecule has 0 saturated carbocycles. The molecule has 0 radical (unpaired) electrons. The van der Waals surface area contributed by atoms with Gasteiger partial charge in [0, 0.05) is 19.2 Å². The molecule has 7 nitrogen and oxygen atoms in total. The lowest BCUT2D eigenvalue weighted by atomic mass is 10.2. The molecule has 0 fully saturated rings. The molecule has 2 rings (SSSR count). The zero-order chi connectivity index (χ0) is 18.9. The van der Waals surface area contributed by atoms with Crippen molar-refractivity contribution >= 4 is 23.6 Å². The Hall–Kier alpha value is -2.61. The Morgan fingerprint density at radius 2 is 2.00 bits per heavy atom. The van der Waals surface area contributed by atoms with Gasteiger partial charge in [0.25, 0.3) is 5.56 Å². The molecule has 8 heteroatoms. The SMILES string of the molecule is CCN(Cc1ccccc1)C(=O)CSc1nc(CC(=O)OC)cc(=O)[nH]1. The van der Waals surface area contributed by atoms with Gasteiger partial charge in [-0.1, -0.05) is 42.1 Å². The standard InChI is InChI=1S/C18H21N3O4S/c1-3-21(11-13-7-5-4-6-8-13)16(23)12-26-18-19-14(9-15(22)20-18)10-17(24)25-2/h4-9H,3,10-12H2,1-2H3,(H,19,20,22). The van der Waals surface area contributed by atoms with Crippen LogP contribution in [-0.4, -0.2) is 46.2 Å². The van der Waals surface area contributed by atoms with Gasteiger partial charge in [-0.05, 0) is 12.5 Å². The minimum Gasteiger partial charge on any atom is -0.469 e. The van der Waals surface area contributed by atoms with Crippen LogP contribution in [0.2, 0.25) is 0 Å². The number of hydrogen-bond donors (Lipinski definition) is 1. The van der Waals surface area contributed by atoms with Gasteiger partial charge in [-0.3, -0.25) is 14.4 Å². The van der Waals surface area contributed by atoms with E-state index >= 15 is 0 Å². The third-order valence-electron chi connectivity index (χ3n) is 3.61. The first-order chi connectivity index (χ1) is 12.5. The predicted molar refractivity (Wildman–Crippen MR) is 98.8 cm³/mol. The second kappa shape index (κ2) is 9.76. The Morgan fingerprint density at radius 1 is 1.27 bits per heavy atom. The lowest BCUT2D eigenvalue weighted by molar-refractivity contribution is -0.139. The Morgan fingerprint density at radius 3 is 2.65 bits per heavy atom. The van der Waals surface area contributed by atoms with Crippen molar-refractivity contribution in [1.82, 2.24) is 14.9 Å². The molecule has 1 aromatic heterocycles. The fourth-order valence-corrected chi connectivity index (χ4v) is 3.06. The van der Waals surface area contributed by atoms with Crippen LogP contribution in [0.15, 0.2) is 46.3 Å². The second-order valence-corrected chi connectivity index (χ2v) is 6.44. The molecule has 138 valence electrons. The zero-order valence-electron chi connectivity index (χ0n) is 14.7. The number of H-pyrrole nitrogens is 1. The average molecular weight is 375 g/mol. The van der Waals surface area contributed by atoms with E-state index in [4.69, 9.17) is 0 Å². The van der Waals surface area contributed by atoms with Crippen LogP contribution in [0.25, 0.3) is 0 Å². The molecule has 0 bridgehead atoms. The molecule has 1 amide bonds. The number of esters is 1. The summed E-state index contributed by atoms with van der Waals surface area (Å²) in [7, 11) is 1.27. The van der Waals surface area contributed by atoms with Crippen LogP contribution in [0.5, 0.6) is 0 Å². The molecule has 1 heterocycles. The van der Waals surface area contributed by atoms with Crippen LogP contribution in [0.1, 0.15) is 18.2 Å². The van der Waals surface area contributed by atoms with Crippen molar-refractivity contribution in [2.75, 3.05) is 19.4 Å². The quantitative estimate of drug-likeness (QED) is 0.428. The first-order valence-electron chi connectivity index (χ1n) is 8.13. The minimum atomic E-state index is -0.477. The number of thioether (sulfide) groups is 1. The van der Waals surface area contributed by atoms with Crippen LogP contribution in [-0.2, 0) is 27.3 Å². The van der Waals surface area contributed by atoms with Crippen LogP contribution in [0.4, 0.5) is 0 Å². The topological polar surface area (TPSA) is 92.4 Å². The average Bonchev–Trinajstić information content (AvgIpc) is 2.64. The molecule has 0 aliphatic heterocycles. The van der Waals surface area contributed by atoms with Gasteiger partial charge in [-0.15, -0.1) is 0 Å². The zero-order valence-corrected chi connectivity index (χ0v) is 15.5. The van der Waals surface area contributed by atoms with E-state index < -0.39 is 5.97 Å². The van der Waals surface area contributed by atoms with Gasteiger partial charge in [0.05, 0.1) is 25.0 Å². The van der Waals surface area contributed by atoms with Gasteiger partial charge in [-0.25, -0.2) is 4.98 Å². The lowest BCUT2D eigenvalue weighted by Gasteiger charge is -2.20. The first-order valence-corrected chi connectivity index (χ1v) is 9.12. The van der Waals surface area contributed by atoms with E-state index in [2.05, 4.69) is 14.7 Å². The Balaban J connectivity index is 1.99. The summed E-state index contributed by atoms with van der Waals surface area (Å²) in [5.41, 5.74) is 0.997. The molecular formula is C18H21N3O4S. The van der Waals surface area contributed by atoms with Crippen molar-refractivity contribution < 1.29 is 14.3 Å². The molecule has 1 N–H and O–H groups in total. The molecule has 1 aromatic carbocycles. The Kier molecular flexibility index (Phi) is 7.40. The Bertz CT molecular complexity index is 808. The second-order valence-electron chi connectivity index (χ2n) is 5.48. The molecule has 0 aliphatic carbocycles. The van der Waals surface area contributed by atoms with Crippen molar-refractivity contribution in [2.45, 2.75) is 25.0 Å². The van der Waals surface area contributed by atoms with E-state index in [1.165, 1.54) is 13.2 Å². The maximum Gasteiger partial charge on any atom is 0.311 e. The minimum absolute atomic E-state index is 0.0534. The molecule has 0 atom stereocenters. The number of nitrogens with one attached hydrogen (secondary N) is 1. The summed E-state index contributed by atoms with van der Waals surface area (Å²) in [6.07, 6.45) is -0.0863. The third-order valence-corrected chi connectivity index (χ3v) is 4.47. The van der Waals surface area contributed by atoms with Gasteiger partial charge in [0.2, 0.25) is 5.91 Å². The van der Waals surface area contributed by atoms with Gasteiger partial charge in [0.1, 0.15) is 0 Å². The highest BCUT2D eigenvalue weighted by atomic mass is 32.2. The van der Waals surface area contributed by atoms with Crippen LogP contribution in [0, 0.1) is 0 Å². The Labute approximate surface area is 155 Å². The summed E-state index contributed by atoms with van der Waals surface area (Å²) >= 11 is 1.14. The van der Waals surface area contributed by atoms with E-state index in [0.29, 0.717) is 23.9 Å². The number of ether oxygens (including phenoxy) is 1. The number of rotatable bonds is 8. The highest BCUT2D eigenvalue weighted by Crippen LogP contribution is 2.14. The monoisotopic (exact) mass is 375 g/mol. The van der Waals surface area contributed by atoms with Gasteiger partial charge in [0.15, 0.2) is 5.16 Å². The summed E-state index contributed by atoms with van der Waals surface area (Å²) in [5, 5.41) is 0.306. The molecule has 0 aliphatic rings. The summed E-state index contributed by atoms with van der Waals surface area (Å²) in [4.78, 5) is 44.0. The number of amides is 1. The van der Waals surface area contributed by atoms with E-state index in [0.717, 1.165) is 17.3 Å². The maximum atomic E-state index is 12.5. The number of hydrogen-bond acceptors (Lipinski definition) is 6. The van der Waals surface area contributed by atoms with E-state index in [-0.39, 0.29) is 23.6 Å².